The lowest BCUT2D eigenvalue weighted by atomic mass is 10.3. The monoisotopic (exact) mass is 226 g/mol. The van der Waals surface area contributed by atoms with Gasteiger partial charge >= 0.3 is 0 Å². The molecule has 2 heterocycles. The van der Waals surface area contributed by atoms with Gasteiger partial charge in [0.05, 0.1) is 6.54 Å². The van der Waals surface area contributed by atoms with Gasteiger partial charge in [-0.1, -0.05) is 11.6 Å². The van der Waals surface area contributed by atoms with E-state index in [0.717, 1.165) is 44.2 Å². The smallest absolute Gasteiger partial charge is 0.144 e. The van der Waals surface area contributed by atoms with Crippen molar-refractivity contribution in [3.63, 3.8) is 0 Å². The molecule has 0 bridgehead atoms. The van der Waals surface area contributed by atoms with Gasteiger partial charge in [0.2, 0.25) is 0 Å². The minimum Gasteiger partial charge on any atom is -0.314 e. The van der Waals surface area contributed by atoms with Gasteiger partial charge in [0.25, 0.3) is 0 Å². The summed E-state index contributed by atoms with van der Waals surface area (Å²) in [6.45, 7) is 6.92. The van der Waals surface area contributed by atoms with E-state index in [0.29, 0.717) is 5.15 Å². The Bertz CT molecular complexity index is 316. The number of rotatable bonds is 2. The van der Waals surface area contributed by atoms with Gasteiger partial charge in [-0.3, -0.25) is 4.90 Å². The highest BCUT2D eigenvalue weighted by molar-refractivity contribution is 6.29. The normalized spacial score (nSPS) is 18.0. The number of halogens is 1. The summed E-state index contributed by atoms with van der Waals surface area (Å²) < 4.78 is 0. The summed E-state index contributed by atoms with van der Waals surface area (Å²) >= 11 is 5.89. The Balaban J connectivity index is 2.02. The average molecular weight is 227 g/mol. The summed E-state index contributed by atoms with van der Waals surface area (Å²) in [5, 5.41) is 3.85. The number of nitrogens with zero attached hydrogens (tertiary/aromatic N) is 3. The van der Waals surface area contributed by atoms with Crippen molar-refractivity contribution >= 4 is 11.6 Å². The van der Waals surface area contributed by atoms with Gasteiger partial charge in [0, 0.05) is 31.9 Å². The molecule has 0 spiro atoms. The minimum absolute atomic E-state index is 0.535. The predicted molar refractivity (Wildman–Crippen MR) is 59.9 cm³/mol. The number of aryl methyl sites for hydroxylation is 1. The molecule has 2 rings (SSSR count). The highest BCUT2D eigenvalue weighted by Gasteiger charge is 2.11. The summed E-state index contributed by atoms with van der Waals surface area (Å²) in [6, 6.07) is 1.78. The zero-order chi connectivity index (χ0) is 10.7. The molecular formula is C10H15ClN4. The molecule has 0 amide bonds. The molecule has 1 saturated heterocycles. The predicted octanol–water partition coefficient (Wildman–Crippen LogP) is 0.844. The first kappa shape index (κ1) is 10.8. The quantitative estimate of drug-likeness (QED) is 0.759. The van der Waals surface area contributed by atoms with Crippen LogP contribution in [0.1, 0.15) is 11.5 Å². The summed E-state index contributed by atoms with van der Waals surface area (Å²) in [6.07, 6.45) is 0. The molecule has 0 aliphatic carbocycles. The van der Waals surface area contributed by atoms with Crippen molar-refractivity contribution in [3.05, 3.63) is 22.7 Å². The van der Waals surface area contributed by atoms with Crippen LogP contribution in [0.5, 0.6) is 0 Å². The zero-order valence-electron chi connectivity index (χ0n) is 8.83. The second kappa shape index (κ2) is 4.88. The molecule has 0 aromatic carbocycles. The standard InChI is InChI=1S/C10H15ClN4/c1-8-6-9(11)14-10(13-8)7-15-4-2-12-3-5-15/h6,12H,2-5,7H2,1H3. The fourth-order valence-electron chi connectivity index (χ4n) is 1.73. The fourth-order valence-corrected chi connectivity index (χ4v) is 1.98. The third-order valence-electron chi connectivity index (χ3n) is 2.44. The van der Waals surface area contributed by atoms with Gasteiger partial charge in [-0.25, -0.2) is 9.97 Å². The van der Waals surface area contributed by atoms with E-state index in [-0.39, 0.29) is 0 Å². The molecule has 1 N–H and O–H groups in total. The van der Waals surface area contributed by atoms with E-state index in [2.05, 4.69) is 20.2 Å². The number of piperazine rings is 1. The van der Waals surface area contributed by atoms with Crippen molar-refractivity contribution in [2.75, 3.05) is 26.2 Å². The van der Waals surface area contributed by atoms with Crippen LogP contribution in [0, 0.1) is 6.92 Å². The Hall–Kier alpha value is -0.710. The first-order chi connectivity index (χ1) is 7.24. The maximum absolute atomic E-state index is 5.89. The van der Waals surface area contributed by atoms with Crippen LogP contribution in [0.3, 0.4) is 0 Å². The second-order valence-corrected chi connectivity index (χ2v) is 4.16. The van der Waals surface area contributed by atoms with Gasteiger partial charge in [-0.2, -0.15) is 0 Å². The Morgan fingerprint density at radius 3 is 2.80 bits per heavy atom. The third-order valence-corrected chi connectivity index (χ3v) is 2.64. The zero-order valence-corrected chi connectivity index (χ0v) is 9.59. The van der Waals surface area contributed by atoms with Crippen molar-refractivity contribution in [1.82, 2.24) is 20.2 Å². The van der Waals surface area contributed by atoms with Crippen LogP contribution >= 0.6 is 11.6 Å². The van der Waals surface area contributed by atoms with Crippen molar-refractivity contribution in [1.29, 1.82) is 0 Å². The first-order valence-corrected chi connectivity index (χ1v) is 5.55. The maximum atomic E-state index is 5.89. The molecule has 0 atom stereocenters. The van der Waals surface area contributed by atoms with Crippen LogP contribution in [0.15, 0.2) is 6.07 Å². The SMILES string of the molecule is Cc1cc(Cl)nc(CN2CCNCC2)n1. The minimum atomic E-state index is 0.535. The summed E-state index contributed by atoms with van der Waals surface area (Å²) in [5.74, 6) is 0.821. The second-order valence-electron chi connectivity index (χ2n) is 3.77. The molecule has 1 aromatic rings. The van der Waals surface area contributed by atoms with E-state index in [9.17, 15) is 0 Å². The van der Waals surface area contributed by atoms with E-state index >= 15 is 0 Å². The molecule has 5 heteroatoms. The molecular weight excluding hydrogens is 212 g/mol. The summed E-state index contributed by atoms with van der Waals surface area (Å²) in [5.41, 5.74) is 0.931. The van der Waals surface area contributed by atoms with Crippen LogP contribution in [0.25, 0.3) is 0 Å². The van der Waals surface area contributed by atoms with E-state index in [1.807, 2.05) is 6.92 Å². The number of aromatic nitrogens is 2. The maximum Gasteiger partial charge on any atom is 0.144 e. The Labute approximate surface area is 94.7 Å². The molecule has 1 fully saturated rings. The van der Waals surface area contributed by atoms with E-state index < -0.39 is 0 Å². The lowest BCUT2D eigenvalue weighted by molar-refractivity contribution is 0.228. The van der Waals surface area contributed by atoms with Crippen LogP contribution in [-0.2, 0) is 6.54 Å². The third kappa shape index (κ3) is 3.12. The van der Waals surface area contributed by atoms with Gasteiger partial charge < -0.3 is 5.32 Å². The largest absolute Gasteiger partial charge is 0.314 e. The molecule has 0 saturated carbocycles. The first-order valence-electron chi connectivity index (χ1n) is 5.17. The molecule has 82 valence electrons. The van der Waals surface area contributed by atoms with E-state index in [1.165, 1.54) is 0 Å². The summed E-state index contributed by atoms with van der Waals surface area (Å²) in [4.78, 5) is 10.9. The average Bonchev–Trinajstić information content (AvgIpc) is 2.17. The van der Waals surface area contributed by atoms with Crippen molar-refractivity contribution in [2.45, 2.75) is 13.5 Å². The van der Waals surface area contributed by atoms with Gasteiger partial charge in [0.1, 0.15) is 11.0 Å². The molecule has 15 heavy (non-hydrogen) atoms. The summed E-state index contributed by atoms with van der Waals surface area (Å²) in [7, 11) is 0. The molecule has 1 aliphatic rings. The van der Waals surface area contributed by atoms with Crippen molar-refractivity contribution in [2.24, 2.45) is 0 Å². The van der Waals surface area contributed by atoms with Crippen LogP contribution in [-0.4, -0.2) is 41.0 Å². The van der Waals surface area contributed by atoms with Crippen LogP contribution in [0.2, 0.25) is 5.15 Å². The topological polar surface area (TPSA) is 41.1 Å². The fraction of sp³-hybridized carbons (Fsp3) is 0.600. The Morgan fingerprint density at radius 2 is 2.13 bits per heavy atom. The molecule has 0 unspecified atom stereocenters. The van der Waals surface area contributed by atoms with E-state index in [1.54, 1.807) is 6.07 Å². The highest BCUT2D eigenvalue weighted by atomic mass is 35.5. The van der Waals surface area contributed by atoms with Crippen LogP contribution in [0.4, 0.5) is 0 Å². The molecule has 4 nitrogen and oxygen atoms in total. The molecule has 0 radical (unpaired) electrons. The van der Waals surface area contributed by atoms with Gasteiger partial charge in [0.15, 0.2) is 0 Å². The van der Waals surface area contributed by atoms with Crippen molar-refractivity contribution in [3.8, 4) is 0 Å². The molecule has 1 aromatic heterocycles. The van der Waals surface area contributed by atoms with Gasteiger partial charge in [-0.15, -0.1) is 0 Å². The van der Waals surface area contributed by atoms with Gasteiger partial charge in [-0.05, 0) is 13.0 Å². The lowest BCUT2D eigenvalue weighted by Crippen LogP contribution is -2.43. The Kier molecular flexibility index (Phi) is 3.51. The highest BCUT2D eigenvalue weighted by Crippen LogP contribution is 2.08. The number of nitrogens with one attached hydrogen (secondary N) is 1. The Morgan fingerprint density at radius 1 is 1.40 bits per heavy atom. The van der Waals surface area contributed by atoms with Crippen molar-refractivity contribution < 1.29 is 0 Å². The number of hydrogen-bond acceptors (Lipinski definition) is 4. The van der Waals surface area contributed by atoms with E-state index in [4.69, 9.17) is 11.6 Å². The molecule has 1 aliphatic heterocycles. The lowest BCUT2D eigenvalue weighted by Gasteiger charge is -2.26. The number of hydrogen-bond donors (Lipinski definition) is 1. The van der Waals surface area contributed by atoms with Crippen LogP contribution < -0.4 is 5.32 Å².